The van der Waals surface area contributed by atoms with Gasteiger partial charge in [0.2, 0.25) is 17.0 Å². The van der Waals surface area contributed by atoms with Gasteiger partial charge in [0.1, 0.15) is 0 Å². The van der Waals surface area contributed by atoms with Crippen molar-refractivity contribution in [2.75, 3.05) is 12.4 Å². The van der Waals surface area contributed by atoms with E-state index in [1.807, 2.05) is 0 Å². The summed E-state index contributed by atoms with van der Waals surface area (Å²) < 4.78 is 5.27. The summed E-state index contributed by atoms with van der Waals surface area (Å²) in [6.07, 6.45) is 0. The Morgan fingerprint density at radius 1 is 1.32 bits per heavy atom. The molecule has 2 aromatic rings. The lowest BCUT2D eigenvalue weighted by atomic mass is 10.3. The fraction of sp³-hybridized carbons (Fsp3) is 0.100. The first-order chi connectivity index (χ1) is 9.10. The van der Waals surface area contributed by atoms with E-state index >= 15 is 0 Å². The highest BCUT2D eigenvalue weighted by Crippen LogP contribution is 2.29. The SMILES string of the molecule is CNc1nc(Cl)nc(Oc2ccccc2[N+](=O)[O-])n1. The molecule has 1 aromatic heterocycles. The van der Waals surface area contributed by atoms with Crippen LogP contribution in [0.25, 0.3) is 0 Å². The summed E-state index contributed by atoms with van der Waals surface area (Å²) >= 11 is 5.68. The number of anilines is 1. The van der Waals surface area contributed by atoms with Crippen molar-refractivity contribution in [2.24, 2.45) is 0 Å². The Morgan fingerprint density at radius 3 is 2.74 bits per heavy atom. The Hall–Kier alpha value is -2.48. The number of aromatic nitrogens is 3. The molecule has 1 aromatic carbocycles. The molecular formula is C10H8ClN5O3. The number of nitro groups is 1. The van der Waals surface area contributed by atoms with Crippen LogP contribution >= 0.6 is 11.6 Å². The number of nitro benzene ring substituents is 1. The lowest BCUT2D eigenvalue weighted by molar-refractivity contribution is -0.385. The molecule has 0 saturated carbocycles. The van der Waals surface area contributed by atoms with Gasteiger partial charge >= 0.3 is 11.7 Å². The van der Waals surface area contributed by atoms with E-state index in [4.69, 9.17) is 16.3 Å². The zero-order valence-electron chi connectivity index (χ0n) is 9.70. The van der Waals surface area contributed by atoms with Gasteiger partial charge in [-0.2, -0.15) is 15.0 Å². The first-order valence-electron chi connectivity index (χ1n) is 5.10. The number of rotatable bonds is 4. The Balaban J connectivity index is 2.36. The summed E-state index contributed by atoms with van der Waals surface area (Å²) in [5.74, 6) is 0.227. The van der Waals surface area contributed by atoms with E-state index in [1.165, 1.54) is 18.2 Å². The number of hydrogen-bond donors (Lipinski definition) is 1. The summed E-state index contributed by atoms with van der Waals surface area (Å²) in [4.78, 5) is 21.7. The molecule has 1 heterocycles. The minimum absolute atomic E-state index is 0.0248. The first kappa shape index (κ1) is 13.0. The summed E-state index contributed by atoms with van der Waals surface area (Å²) in [5, 5.41) is 13.4. The Morgan fingerprint density at radius 2 is 2.05 bits per heavy atom. The van der Waals surface area contributed by atoms with Gasteiger partial charge in [-0.25, -0.2) is 0 Å². The maximum Gasteiger partial charge on any atom is 0.328 e. The van der Waals surface area contributed by atoms with Gasteiger partial charge in [0.05, 0.1) is 4.92 Å². The molecular weight excluding hydrogens is 274 g/mol. The average molecular weight is 282 g/mol. The fourth-order valence-corrected chi connectivity index (χ4v) is 1.43. The van der Waals surface area contributed by atoms with E-state index in [0.717, 1.165) is 0 Å². The number of nitrogens with one attached hydrogen (secondary N) is 1. The minimum Gasteiger partial charge on any atom is -0.417 e. The van der Waals surface area contributed by atoms with Gasteiger partial charge in [-0.15, -0.1) is 0 Å². The molecule has 0 aliphatic carbocycles. The van der Waals surface area contributed by atoms with Crippen LogP contribution in [0.1, 0.15) is 0 Å². The van der Waals surface area contributed by atoms with Crippen molar-refractivity contribution in [1.82, 2.24) is 15.0 Å². The van der Waals surface area contributed by atoms with Crippen LogP contribution in [0.2, 0.25) is 5.28 Å². The molecule has 0 radical (unpaired) electrons. The van der Waals surface area contributed by atoms with Gasteiger partial charge in [-0.3, -0.25) is 10.1 Å². The van der Waals surface area contributed by atoms with E-state index in [1.54, 1.807) is 13.1 Å². The Kier molecular flexibility index (Phi) is 3.71. The predicted octanol–water partition coefficient (Wildman–Crippen LogP) is 2.27. The van der Waals surface area contributed by atoms with Crippen molar-refractivity contribution in [3.05, 3.63) is 39.7 Å². The van der Waals surface area contributed by atoms with Crippen molar-refractivity contribution in [3.63, 3.8) is 0 Å². The van der Waals surface area contributed by atoms with Gasteiger partial charge in [0.25, 0.3) is 0 Å². The van der Waals surface area contributed by atoms with Crippen LogP contribution in [-0.4, -0.2) is 26.9 Å². The van der Waals surface area contributed by atoms with E-state index in [-0.39, 0.29) is 28.7 Å². The van der Waals surface area contributed by atoms with Crippen molar-refractivity contribution in [2.45, 2.75) is 0 Å². The third kappa shape index (κ3) is 3.05. The van der Waals surface area contributed by atoms with Gasteiger partial charge in [0, 0.05) is 13.1 Å². The summed E-state index contributed by atoms with van der Waals surface area (Å²) in [7, 11) is 1.60. The molecule has 0 amide bonds. The van der Waals surface area contributed by atoms with Crippen LogP contribution < -0.4 is 10.1 Å². The molecule has 0 saturated heterocycles. The average Bonchev–Trinajstić information content (AvgIpc) is 2.38. The summed E-state index contributed by atoms with van der Waals surface area (Å²) in [5.41, 5.74) is -0.190. The van der Waals surface area contributed by atoms with E-state index < -0.39 is 4.92 Å². The summed E-state index contributed by atoms with van der Waals surface area (Å²) in [6.45, 7) is 0. The predicted molar refractivity (Wildman–Crippen MR) is 67.6 cm³/mol. The molecule has 0 atom stereocenters. The highest BCUT2D eigenvalue weighted by molar-refractivity contribution is 6.28. The van der Waals surface area contributed by atoms with Gasteiger partial charge in [-0.1, -0.05) is 12.1 Å². The first-order valence-corrected chi connectivity index (χ1v) is 5.48. The molecule has 0 unspecified atom stereocenters. The zero-order valence-corrected chi connectivity index (χ0v) is 10.5. The molecule has 1 N–H and O–H groups in total. The standard InChI is InChI=1S/C10H8ClN5O3/c1-12-9-13-8(11)14-10(15-9)19-7-5-3-2-4-6(7)16(17)18/h2-5H,1H3,(H,12,13,14,15). The molecule has 0 bridgehead atoms. The normalized spacial score (nSPS) is 10.0. The smallest absolute Gasteiger partial charge is 0.328 e. The number of benzene rings is 1. The van der Waals surface area contributed by atoms with Crippen LogP contribution in [-0.2, 0) is 0 Å². The molecule has 19 heavy (non-hydrogen) atoms. The number of ether oxygens (including phenoxy) is 1. The van der Waals surface area contributed by atoms with Crippen molar-refractivity contribution in [3.8, 4) is 11.8 Å². The number of hydrogen-bond acceptors (Lipinski definition) is 7. The monoisotopic (exact) mass is 281 g/mol. The van der Waals surface area contributed by atoms with Crippen LogP contribution in [0.15, 0.2) is 24.3 Å². The topological polar surface area (TPSA) is 103 Å². The maximum absolute atomic E-state index is 10.8. The van der Waals surface area contributed by atoms with Crippen LogP contribution in [0, 0.1) is 10.1 Å². The largest absolute Gasteiger partial charge is 0.417 e. The molecule has 0 aliphatic heterocycles. The van der Waals surface area contributed by atoms with E-state index in [2.05, 4.69) is 20.3 Å². The molecule has 0 spiro atoms. The molecule has 9 heteroatoms. The van der Waals surface area contributed by atoms with Crippen molar-refractivity contribution >= 4 is 23.2 Å². The van der Waals surface area contributed by atoms with Crippen LogP contribution in [0.4, 0.5) is 11.6 Å². The number of nitrogens with zero attached hydrogens (tertiary/aromatic N) is 4. The van der Waals surface area contributed by atoms with Crippen LogP contribution in [0.5, 0.6) is 11.8 Å². The quantitative estimate of drug-likeness (QED) is 0.677. The lowest BCUT2D eigenvalue weighted by Gasteiger charge is -2.05. The third-order valence-electron chi connectivity index (χ3n) is 2.07. The second-order valence-corrected chi connectivity index (χ2v) is 3.63. The van der Waals surface area contributed by atoms with Crippen molar-refractivity contribution in [1.29, 1.82) is 0 Å². The van der Waals surface area contributed by atoms with E-state index in [0.29, 0.717) is 0 Å². The highest BCUT2D eigenvalue weighted by Gasteiger charge is 2.16. The fourth-order valence-electron chi connectivity index (χ4n) is 1.28. The molecule has 0 aliphatic rings. The maximum atomic E-state index is 10.8. The lowest BCUT2D eigenvalue weighted by Crippen LogP contribution is -2.02. The molecule has 0 fully saturated rings. The number of para-hydroxylation sites is 2. The second kappa shape index (κ2) is 5.44. The zero-order chi connectivity index (χ0) is 13.8. The second-order valence-electron chi connectivity index (χ2n) is 3.29. The molecule has 8 nitrogen and oxygen atoms in total. The van der Waals surface area contributed by atoms with Crippen LogP contribution in [0.3, 0.4) is 0 Å². The third-order valence-corrected chi connectivity index (χ3v) is 2.24. The Bertz CT molecular complexity index is 622. The highest BCUT2D eigenvalue weighted by atomic mass is 35.5. The van der Waals surface area contributed by atoms with Crippen molar-refractivity contribution < 1.29 is 9.66 Å². The minimum atomic E-state index is -0.558. The Labute approximate surface area is 112 Å². The molecule has 2 rings (SSSR count). The van der Waals surface area contributed by atoms with E-state index in [9.17, 15) is 10.1 Å². The summed E-state index contributed by atoms with van der Waals surface area (Å²) in [6, 6.07) is 5.76. The van der Waals surface area contributed by atoms with Gasteiger partial charge < -0.3 is 10.1 Å². The molecule has 98 valence electrons. The van der Waals surface area contributed by atoms with Gasteiger partial charge in [0.15, 0.2) is 0 Å². The van der Waals surface area contributed by atoms with Gasteiger partial charge in [-0.05, 0) is 17.7 Å². The number of halogens is 1.